The van der Waals surface area contributed by atoms with Gasteiger partial charge in [0.1, 0.15) is 5.75 Å². The lowest BCUT2D eigenvalue weighted by atomic mass is 10.00. The van der Waals surface area contributed by atoms with Gasteiger partial charge in [-0.3, -0.25) is 4.79 Å². The standard InChI is InChI=1S/C12H14F2O2/c1-4-9-6-10(8(3)15)7(2)5-11(9)16-12(13)14/h5-6,12H,4H2,1-3H3. The number of carbonyl (C=O) groups is 1. The second-order valence-corrected chi connectivity index (χ2v) is 3.56. The molecule has 16 heavy (non-hydrogen) atoms. The summed E-state index contributed by atoms with van der Waals surface area (Å²) in [6.07, 6.45) is 0.544. The summed E-state index contributed by atoms with van der Waals surface area (Å²) in [6.45, 7) is 2.14. The van der Waals surface area contributed by atoms with Gasteiger partial charge >= 0.3 is 6.61 Å². The van der Waals surface area contributed by atoms with Crippen molar-refractivity contribution in [3.63, 3.8) is 0 Å². The molecule has 2 nitrogen and oxygen atoms in total. The lowest BCUT2D eigenvalue weighted by Gasteiger charge is -2.12. The first-order chi connectivity index (χ1) is 7.45. The van der Waals surface area contributed by atoms with E-state index < -0.39 is 6.61 Å². The Bertz CT molecular complexity index is 400. The molecule has 1 rings (SSSR count). The van der Waals surface area contributed by atoms with Crippen molar-refractivity contribution in [3.05, 3.63) is 28.8 Å². The fraction of sp³-hybridized carbons (Fsp3) is 0.417. The van der Waals surface area contributed by atoms with E-state index in [0.29, 0.717) is 23.1 Å². The first-order valence-electron chi connectivity index (χ1n) is 5.05. The predicted octanol–water partition coefficient (Wildman–Crippen LogP) is 3.36. The molecular formula is C12H14F2O2. The summed E-state index contributed by atoms with van der Waals surface area (Å²) >= 11 is 0. The van der Waals surface area contributed by atoms with E-state index in [0.717, 1.165) is 0 Å². The van der Waals surface area contributed by atoms with Crippen LogP contribution in [-0.2, 0) is 6.42 Å². The molecule has 0 fully saturated rings. The van der Waals surface area contributed by atoms with E-state index in [2.05, 4.69) is 4.74 Å². The molecule has 0 radical (unpaired) electrons. The third-order valence-corrected chi connectivity index (χ3v) is 2.38. The number of hydrogen-bond donors (Lipinski definition) is 0. The van der Waals surface area contributed by atoms with Gasteiger partial charge in [0.2, 0.25) is 0 Å². The van der Waals surface area contributed by atoms with Crippen LogP contribution in [0.5, 0.6) is 5.75 Å². The zero-order valence-corrected chi connectivity index (χ0v) is 9.51. The summed E-state index contributed by atoms with van der Waals surface area (Å²) in [5.74, 6) is 0.0794. The van der Waals surface area contributed by atoms with Gasteiger partial charge in [-0.15, -0.1) is 0 Å². The molecular weight excluding hydrogens is 214 g/mol. The van der Waals surface area contributed by atoms with Gasteiger partial charge < -0.3 is 4.74 Å². The van der Waals surface area contributed by atoms with Crippen LogP contribution >= 0.6 is 0 Å². The summed E-state index contributed by atoms with van der Waals surface area (Å²) in [7, 11) is 0. The Morgan fingerprint density at radius 1 is 1.44 bits per heavy atom. The molecule has 4 heteroatoms. The summed E-state index contributed by atoms with van der Waals surface area (Å²) in [5, 5.41) is 0. The molecule has 1 aromatic carbocycles. The number of halogens is 2. The van der Waals surface area contributed by atoms with Gasteiger partial charge in [0.15, 0.2) is 5.78 Å². The van der Waals surface area contributed by atoms with Crippen molar-refractivity contribution in [2.45, 2.75) is 33.8 Å². The van der Waals surface area contributed by atoms with Crippen LogP contribution in [0.25, 0.3) is 0 Å². The van der Waals surface area contributed by atoms with Crippen molar-refractivity contribution in [1.82, 2.24) is 0 Å². The highest BCUT2D eigenvalue weighted by atomic mass is 19.3. The number of Topliss-reactive ketones (excluding diaryl/α,β-unsaturated/α-hetero) is 1. The van der Waals surface area contributed by atoms with Gasteiger partial charge in [0.05, 0.1) is 0 Å². The number of aryl methyl sites for hydroxylation is 2. The minimum atomic E-state index is -2.84. The molecule has 0 saturated heterocycles. The Morgan fingerprint density at radius 3 is 2.50 bits per heavy atom. The maximum atomic E-state index is 12.1. The second-order valence-electron chi connectivity index (χ2n) is 3.56. The zero-order chi connectivity index (χ0) is 12.3. The summed E-state index contributed by atoms with van der Waals surface area (Å²) in [4.78, 5) is 11.3. The van der Waals surface area contributed by atoms with Crippen molar-refractivity contribution >= 4 is 5.78 Å². The van der Waals surface area contributed by atoms with Gasteiger partial charge in [0, 0.05) is 5.56 Å². The van der Waals surface area contributed by atoms with E-state index in [9.17, 15) is 13.6 Å². The SMILES string of the molecule is CCc1cc(C(C)=O)c(C)cc1OC(F)F. The minimum Gasteiger partial charge on any atom is -0.435 e. The topological polar surface area (TPSA) is 26.3 Å². The minimum absolute atomic E-state index is 0.0733. The maximum Gasteiger partial charge on any atom is 0.387 e. The molecule has 0 aromatic heterocycles. The smallest absolute Gasteiger partial charge is 0.387 e. The lowest BCUT2D eigenvalue weighted by molar-refractivity contribution is -0.0504. The average molecular weight is 228 g/mol. The molecule has 0 aliphatic rings. The fourth-order valence-electron chi connectivity index (χ4n) is 1.59. The van der Waals surface area contributed by atoms with Crippen LogP contribution in [0.4, 0.5) is 8.78 Å². The molecule has 0 heterocycles. The third-order valence-electron chi connectivity index (χ3n) is 2.38. The number of carbonyl (C=O) groups excluding carboxylic acids is 1. The van der Waals surface area contributed by atoms with Gasteiger partial charge in [-0.1, -0.05) is 6.92 Å². The van der Waals surface area contributed by atoms with Gasteiger partial charge in [-0.2, -0.15) is 8.78 Å². The van der Waals surface area contributed by atoms with Crippen LogP contribution in [0.15, 0.2) is 12.1 Å². The highest BCUT2D eigenvalue weighted by Crippen LogP contribution is 2.26. The van der Waals surface area contributed by atoms with Crippen LogP contribution < -0.4 is 4.74 Å². The third kappa shape index (κ3) is 2.78. The Hall–Kier alpha value is -1.45. The van der Waals surface area contributed by atoms with Crippen LogP contribution in [0.2, 0.25) is 0 Å². The Kier molecular flexibility index (Phi) is 3.99. The van der Waals surface area contributed by atoms with Crippen LogP contribution in [0.1, 0.15) is 35.3 Å². The lowest BCUT2D eigenvalue weighted by Crippen LogP contribution is -2.06. The number of benzene rings is 1. The monoisotopic (exact) mass is 228 g/mol. The van der Waals surface area contributed by atoms with Gasteiger partial charge in [0.25, 0.3) is 0 Å². The molecule has 0 spiro atoms. The van der Waals surface area contributed by atoms with Crippen LogP contribution in [0.3, 0.4) is 0 Å². The molecule has 0 saturated carbocycles. The molecule has 0 bridgehead atoms. The highest BCUT2D eigenvalue weighted by molar-refractivity contribution is 5.95. The fourth-order valence-corrected chi connectivity index (χ4v) is 1.59. The molecule has 0 aliphatic carbocycles. The number of rotatable bonds is 4. The summed E-state index contributed by atoms with van der Waals surface area (Å²) in [6, 6.07) is 3.11. The van der Waals surface area contributed by atoms with Crippen molar-refractivity contribution < 1.29 is 18.3 Å². The molecule has 88 valence electrons. The van der Waals surface area contributed by atoms with Crippen molar-refractivity contribution in [2.24, 2.45) is 0 Å². The van der Waals surface area contributed by atoms with E-state index in [1.165, 1.54) is 13.0 Å². The van der Waals surface area contributed by atoms with E-state index in [1.54, 1.807) is 13.0 Å². The van der Waals surface area contributed by atoms with Crippen LogP contribution in [0, 0.1) is 6.92 Å². The van der Waals surface area contributed by atoms with E-state index in [-0.39, 0.29) is 11.5 Å². The Balaban J connectivity index is 3.21. The predicted molar refractivity (Wildman–Crippen MR) is 57.2 cm³/mol. The van der Waals surface area contributed by atoms with Gasteiger partial charge in [-0.25, -0.2) is 0 Å². The summed E-state index contributed by atoms with van der Waals surface area (Å²) in [5.41, 5.74) is 1.83. The zero-order valence-electron chi connectivity index (χ0n) is 9.51. The summed E-state index contributed by atoms with van der Waals surface area (Å²) < 4.78 is 28.7. The van der Waals surface area contributed by atoms with E-state index >= 15 is 0 Å². The molecule has 0 atom stereocenters. The second kappa shape index (κ2) is 5.05. The van der Waals surface area contributed by atoms with Crippen molar-refractivity contribution in [3.8, 4) is 5.75 Å². The molecule has 0 unspecified atom stereocenters. The molecule has 1 aromatic rings. The van der Waals surface area contributed by atoms with E-state index in [4.69, 9.17) is 0 Å². The molecule has 0 aliphatic heterocycles. The van der Waals surface area contributed by atoms with Crippen LogP contribution in [-0.4, -0.2) is 12.4 Å². The molecule has 0 N–H and O–H groups in total. The van der Waals surface area contributed by atoms with Crippen molar-refractivity contribution in [2.75, 3.05) is 0 Å². The first kappa shape index (κ1) is 12.6. The maximum absolute atomic E-state index is 12.1. The number of alkyl halides is 2. The Labute approximate surface area is 93.2 Å². The highest BCUT2D eigenvalue weighted by Gasteiger charge is 2.13. The Morgan fingerprint density at radius 2 is 2.06 bits per heavy atom. The number of ketones is 1. The van der Waals surface area contributed by atoms with E-state index in [1.807, 2.05) is 6.92 Å². The van der Waals surface area contributed by atoms with Gasteiger partial charge in [-0.05, 0) is 43.5 Å². The largest absolute Gasteiger partial charge is 0.435 e. The number of ether oxygens (including phenoxy) is 1. The average Bonchev–Trinajstić information content (AvgIpc) is 2.16. The number of hydrogen-bond acceptors (Lipinski definition) is 2. The van der Waals surface area contributed by atoms with Crippen molar-refractivity contribution in [1.29, 1.82) is 0 Å². The quantitative estimate of drug-likeness (QED) is 0.738. The molecule has 0 amide bonds. The normalized spacial score (nSPS) is 10.6. The first-order valence-corrected chi connectivity index (χ1v) is 5.05.